The fourth-order valence-corrected chi connectivity index (χ4v) is 5.00. The lowest BCUT2D eigenvalue weighted by molar-refractivity contribution is 0.0942. The molecule has 190 valence electrons. The number of hydrogen-bond acceptors (Lipinski definition) is 8. The van der Waals surface area contributed by atoms with Crippen molar-refractivity contribution in [3.8, 4) is 0 Å². The molecule has 1 saturated carbocycles. The molecule has 2 N–H and O–H groups in total. The Labute approximate surface area is 212 Å². The molecule has 3 aromatic rings. The number of para-hydroxylation sites is 1. The summed E-state index contributed by atoms with van der Waals surface area (Å²) in [5.74, 6) is 2.92. The third-order valence-electron chi connectivity index (χ3n) is 7.08. The van der Waals surface area contributed by atoms with Gasteiger partial charge >= 0.3 is 0 Å². The lowest BCUT2D eigenvalue weighted by Crippen LogP contribution is -2.37. The number of benzene rings is 1. The summed E-state index contributed by atoms with van der Waals surface area (Å²) in [4.78, 5) is 30.9. The average molecular weight is 490 g/mol. The molecule has 0 bridgehead atoms. The van der Waals surface area contributed by atoms with Gasteiger partial charge < -0.3 is 25.2 Å². The van der Waals surface area contributed by atoms with Crippen LogP contribution in [0.25, 0.3) is 10.9 Å². The van der Waals surface area contributed by atoms with Gasteiger partial charge in [-0.3, -0.25) is 4.79 Å². The van der Waals surface area contributed by atoms with E-state index >= 15 is 0 Å². The van der Waals surface area contributed by atoms with Crippen molar-refractivity contribution < 1.29 is 9.53 Å². The first-order valence-corrected chi connectivity index (χ1v) is 12.8. The Morgan fingerprint density at radius 2 is 1.83 bits per heavy atom. The van der Waals surface area contributed by atoms with Crippen molar-refractivity contribution in [2.45, 2.75) is 31.7 Å². The monoisotopic (exact) mass is 489 g/mol. The number of morpholine rings is 1. The van der Waals surface area contributed by atoms with Crippen LogP contribution in [0.5, 0.6) is 0 Å². The van der Waals surface area contributed by atoms with E-state index in [2.05, 4.69) is 26.6 Å². The van der Waals surface area contributed by atoms with Crippen LogP contribution in [0.4, 0.5) is 17.6 Å². The Morgan fingerprint density at radius 1 is 1.06 bits per heavy atom. The van der Waals surface area contributed by atoms with Crippen LogP contribution in [0.2, 0.25) is 0 Å². The molecule has 2 aliphatic rings. The predicted octanol–water partition coefficient (Wildman–Crippen LogP) is 3.33. The molecule has 0 radical (unpaired) electrons. The first-order chi connectivity index (χ1) is 17.6. The highest BCUT2D eigenvalue weighted by molar-refractivity contribution is 5.94. The van der Waals surface area contributed by atoms with Gasteiger partial charge in [0.1, 0.15) is 11.6 Å². The molecule has 1 amide bonds. The van der Waals surface area contributed by atoms with Crippen molar-refractivity contribution in [3.63, 3.8) is 0 Å². The molecule has 36 heavy (non-hydrogen) atoms. The zero-order valence-electron chi connectivity index (χ0n) is 21.1. The topological polar surface area (TPSA) is 95.5 Å². The number of rotatable bonds is 7. The van der Waals surface area contributed by atoms with Gasteiger partial charge in [0, 0.05) is 51.4 Å². The largest absolute Gasteiger partial charge is 0.378 e. The maximum atomic E-state index is 12.7. The van der Waals surface area contributed by atoms with Crippen molar-refractivity contribution in [3.05, 3.63) is 48.2 Å². The molecule has 0 unspecified atom stereocenters. The van der Waals surface area contributed by atoms with E-state index in [1.54, 1.807) is 6.20 Å². The van der Waals surface area contributed by atoms with E-state index in [1.165, 1.54) is 0 Å². The second-order valence-corrected chi connectivity index (χ2v) is 9.86. The quantitative estimate of drug-likeness (QED) is 0.522. The highest BCUT2D eigenvalue weighted by Crippen LogP contribution is 2.28. The maximum absolute atomic E-state index is 12.7. The minimum atomic E-state index is -0.0583. The molecular formula is C27H35N7O2. The molecule has 1 saturated heterocycles. The summed E-state index contributed by atoms with van der Waals surface area (Å²) in [6.45, 7) is 3.79. The zero-order chi connectivity index (χ0) is 24.9. The van der Waals surface area contributed by atoms with E-state index in [9.17, 15) is 4.79 Å². The lowest BCUT2D eigenvalue weighted by atomic mass is 9.86. The number of fused-ring (bicyclic) bond motifs is 1. The Morgan fingerprint density at radius 3 is 2.56 bits per heavy atom. The van der Waals surface area contributed by atoms with E-state index < -0.39 is 0 Å². The maximum Gasteiger partial charge on any atom is 0.252 e. The van der Waals surface area contributed by atoms with Crippen LogP contribution in [0, 0.1) is 5.92 Å². The highest BCUT2D eigenvalue weighted by atomic mass is 16.5. The summed E-state index contributed by atoms with van der Waals surface area (Å²) in [6.07, 6.45) is 5.85. The van der Waals surface area contributed by atoms with Crippen LogP contribution in [0.1, 0.15) is 36.0 Å². The summed E-state index contributed by atoms with van der Waals surface area (Å²) < 4.78 is 5.39. The predicted molar refractivity (Wildman–Crippen MR) is 143 cm³/mol. The number of ether oxygens (including phenoxy) is 1. The molecule has 0 spiro atoms. The first kappa shape index (κ1) is 24.2. The molecule has 9 nitrogen and oxygen atoms in total. The van der Waals surface area contributed by atoms with Gasteiger partial charge in [0.05, 0.1) is 24.3 Å². The number of carbonyl (C=O) groups is 1. The molecule has 1 aliphatic heterocycles. The van der Waals surface area contributed by atoms with Gasteiger partial charge in [0.2, 0.25) is 5.95 Å². The molecule has 0 atom stereocenters. The van der Waals surface area contributed by atoms with Gasteiger partial charge in [-0.1, -0.05) is 12.1 Å². The van der Waals surface area contributed by atoms with Gasteiger partial charge in [-0.2, -0.15) is 4.98 Å². The molecule has 1 aliphatic carbocycles. The van der Waals surface area contributed by atoms with Crippen molar-refractivity contribution in [1.29, 1.82) is 0 Å². The van der Waals surface area contributed by atoms with Gasteiger partial charge in [-0.15, -0.1) is 0 Å². The Bertz CT molecular complexity index is 1170. The second-order valence-electron chi connectivity index (χ2n) is 9.86. The van der Waals surface area contributed by atoms with Crippen molar-refractivity contribution in [1.82, 2.24) is 20.3 Å². The van der Waals surface area contributed by atoms with Gasteiger partial charge in [0.15, 0.2) is 0 Å². The molecule has 1 aromatic carbocycles. The van der Waals surface area contributed by atoms with E-state index in [-0.39, 0.29) is 5.91 Å². The molecule has 9 heteroatoms. The summed E-state index contributed by atoms with van der Waals surface area (Å²) >= 11 is 0. The summed E-state index contributed by atoms with van der Waals surface area (Å²) in [5, 5.41) is 7.72. The van der Waals surface area contributed by atoms with Crippen molar-refractivity contribution >= 4 is 34.4 Å². The van der Waals surface area contributed by atoms with Crippen LogP contribution in [0.15, 0.2) is 42.6 Å². The third-order valence-corrected chi connectivity index (χ3v) is 7.08. The Kier molecular flexibility index (Phi) is 7.46. The average Bonchev–Trinajstić information content (AvgIpc) is 2.92. The number of amides is 1. The highest BCUT2D eigenvalue weighted by Gasteiger charge is 2.23. The third kappa shape index (κ3) is 5.67. The minimum Gasteiger partial charge on any atom is -0.378 e. The van der Waals surface area contributed by atoms with Crippen LogP contribution in [0.3, 0.4) is 0 Å². The van der Waals surface area contributed by atoms with Gasteiger partial charge in [-0.25, -0.2) is 9.97 Å². The Balaban J connectivity index is 1.10. The minimum absolute atomic E-state index is 0.0583. The molecular weight excluding hydrogens is 454 g/mol. The van der Waals surface area contributed by atoms with Gasteiger partial charge in [0.25, 0.3) is 5.91 Å². The molecule has 5 rings (SSSR count). The van der Waals surface area contributed by atoms with E-state index in [1.807, 2.05) is 49.3 Å². The number of pyridine rings is 1. The van der Waals surface area contributed by atoms with Crippen LogP contribution < -0.4 is 20.4 Å². The fraction of sp³-hybridized carbons (Fsp3) is 0.481. The summed E-state index contributed by atoms with van der Waals surface area (Å²) in [6, 6.07) is 12.2. The van der Waals surface area contributed by atoms with Crippen LogP contribution in [-0.2, 0) is 4.74 Å². The zero-order valence-corrected chi connectivity index (χ0v) is 21.1. The summed E-state index contributed by atoms with van der Waals surface area (Å²) in [5.41, 5.74) is 1.55. The summed E-state index contributed by atoms with van der Waals surface area (Å²) in [7, 11) is 4.01. The fourth-order valence-electron chi connectivity index (χ4n) is 5.00. The lowest BCUT2D eigenvalue weighted by Gasteiger charge is -2.29. The molecule has 2 fully saturated rings. The number of aromatic nitrogens is 3. The number of carbonyl (C=O) groups excluding carboxylic acids is 1. The number of hydrogen-bond donors (Lipinski definition) is 2. The molecule has 2 aromatic heterocycles. The van der Waals surface area contributed by atoms with Crippen LogP contribution in [-0.4, -0.2) is 73.8 Å². The normalized spacial score (nSPS) is 20.2. The molecule has 3 heterocycles. The number of nitrogens with one attached hydrogen (secondary N) is 2. The van der Waals surface area contributed by atoms with E-state index in [0.717, 1.165) is 61.3 Å². The Hall–Kier alpha value is -3.46. The smallest absolute Gasteiger partial charge is 0.252 e. The van der Waals surface area contributed by atoms with Crippen molar-refractivity contribution in [2.75, 3.05) is 62.1 Å². The SMILES string of the molecule is CN(C)c1nc(NC2CCC(CNC(=O)c3ccc(N4CCOCC4)nc3)CC2)nc2ccccc12. The van der Waals surface area contributed by atoms with Crippen LogP contribution >= 0.6 is 0 Å². The van der Waals surface area contributed by atoms with Crippen molar-refractivity contribution in [2.24, 2.45) is 5.92 Å². The standard InChI is InChI=1S/C27H35N7O2/c1-33(2)25-22-5-3-4-6-23(22)31-27(32-25)30-21-10-7-19(8-11-21)17-29-26(35)20-9-12-24(28-18-20)34-13-15-36-16-14-34/h3-6,9,12,18-19,21H,7-8,10-11,13-17H2,1-2H3,(H,29,35)(H,30,31,32). The second kappa shape index (κ2) is 11.1. The first-order valence-electron chi connectivity index (χ1n) is 12.8. The number of nitrogens with zero attached hydrogens (tertiary/aromatic N) is 5. The van der Waals surface area contributed by atoms with E-state index in [4.69, 9.17) is 14.7 Å². The number of anilines is 3. The van der Waals surface area contributed by atoms with Gasteiger partial charge in [-0.05, 0) is 55.9 Å². The van der Waals surface area contributed by atoms with E-state index in [0.29, 0.717) is 43.2 Å².